The third kappa shape index (κ3) is 2.90. The van der Waals surface area contributed by atoms with Gasteiger partial charge in [0.25, 0.3) is 0 Å². The average molecular weight is 352 g/mol. The zero-order chi connectivity index (χ0) is 17.2. The van der Waals surface area contributed by atoms with Gasteiger partial charge in [0.05, 0.1) is 12.1 Å². The molecular weight excluding hydrogens is 338 g/mol. The summed E-state index contributed by atoms with van der Waals surface area (Å²) < 4.78 is 12.9. The first-order valence-electron chi connectivity index (χ1n) is 7.68. The van der Waals surface area contributed by atoms with Crippen molar-refractivity contribution in [1.82, 2.24) is 14.6 Å². The van der Waals surface area contributed by atoms with Gasteiger partial charge in [0.1, 0.15) is 11.4 Å². The Morgan fingerprint density at radius 1 is 0.920 bits per heavy atom. The number of methoxy groups -OCH3 is 1. The molecule has 0 spiro atoms. The van der Waals surface area contributed by atoms with E-state index in [4.69, 9.17) is 21.1 Å². The van der Waals surface area contributed by atoms with Crippen LogP contribution in [-0.2, 0) is 0 Å². The van der Waals surface area contributed by atoms with Gasteiger partial charge in [-0.15, -0.1) is 5.10 Å². The predicted molar refractivity (Wildman–Crippen MR) is 96.5 cm³/mol. The lowest BCUT2D eigenvalue weighted by atomic mass is 10.2. The molecule has 2 aromatic heterocycles. The molecule has 0 aliphatic carbocycles. The summed E-state index contributed by atoms with van der Waals surface area (Å²) in [6, 6.07) is 20.7. The number of fused-ring (bicyclic) bond motifs is 1. The summed E-state index contributed by atoms with van der Waals surface area (Å²) in [6.45, 7) is 0. The number of hydrogen-bond donors (Lipinski definition) is 0. The summed E-state index contributed by atoms with van der Waals surface area (Å²) in [4.78, 5) is 4.61. The molecule has 0 unspecified atom stereocenters. The van der Waals surface area contributed by atoms with Gasteiger partial charge in [-0.1, -0.05) is 54.1 Å². The van der Waals surface area contributed by atoms with Crippen molar-refractivity contribution < 1.29 is 9.47 Å². The number of aromatic nitrogens is 3. The molecule has 5 nitrogen and oxygen atoms in total. The van der Waals surface area contributed by atoms with E-state index in [1.165, 1.54) is 0 Å². The Balaban J connectivity index is 1.79. The fraction of sp³-hybridized carbons (Fsp3) is 0.0526. The summed E-state index contributed by atoms with van der Waals surface area (Å²) in [7, 11) is 1.60. The lowest BCUT2D eigenvalue weighted by Crippen LogP contribution is -1.98. The Kier molecular flexibility index (Phi) is 3.99. The second-order valence-corrected chi connectivity index (χ2v) is 5.72. The van der Waals surface area contributed by atoms with Crippen molar-refractivity contribution in [3.63, 3.8) is 0 Å². The van der Waals surface area contributed by atoms with Crippen LogP contribution in [0, 0.1) is 0 Å². The Hall–Kier alpha value is -3.05. The maximum absolute atomic E-state index is 6.14. The first kappa shape index (κ1) is 15.5. The van der Waals surface area contributed by atoms with Crippen molar-refractivity contribution in [1.29, 1.82) is 0 Å². The highest BCUT2D eigenvalue weighted by atomic mass is 35.5. The Morgan fingerprint density at radius 3 is 2.44 bits per heavy atom. The Bertz CT molecular complexity index is 1030. The quantitative estimate of drug-likeness (QED) is 0.527. The Labute approximate surface area is 149 Å². The van der Waals surface area contributed by atoms with Crippen LogP contribution in [0.3, 0.4) is 0 Å². The predicted octanol–water partition coefficient (Wildman–Crippen LogP) is 4.85. The molecule has 0 atom stereocenters. The van der Waals surface area contributed by atoms with E-state index >= 15 is 0 Å². The van der Waals surface area contributed by atoms with Gasteiger partial charge in [-0.05, 0) is 18.2 Å². The number of benzene rings is 2. The van der Waals surface area contributed by atoms with E-state index in [2.05, 4.69) is 10.1 Å². The molecule has 0 N–H and O–H groups in total. The van der Waals surface area contributed by atoms with E-state index < -0.39 is 0 Å². The van der Waals surface area contributed by atoms with Crippen LogP contribution in [0.25, 0.3) is 16.9 Å². The molecule has 25 heavy (non-hydrogen) atoms. The summed E-state index contributed by atoms with van der Waals surface area (Å²) in [5.74, 6) is 1.49. The van der Waals surface area contributed by atoms with Crippen LogP contribution in [0.1, 0.15) is 0 Å². The van der Waals surface area contributed by atoms with Gasteiger partial charge in [0.2, 0.25) is 11.8 Å². The number of nitrogens with zero attached hydrogens (tertiary/aromatic N) is 3. The van der Waals surface area contributed by atoms with Gasteiger partial charge in [-0.3, -0.25) is 0 Å². The number of halogens is 1. The molecule has 4 rings (SSSR count). The van der Waals surface area contributed by atoms with Gasteiger partial charge < -0.3 is 9.47 Å². The maximum atomic E-state index is 6.14. The van der Waals surface area contributed by atoms with Crippen LogP contribution in [0.4, 0.5) is 0 Å². The number of rotatable bonds is 4. The molecule has 0 amide bonds. The van der Waals surface area contributed by atoms with Crippen molar-refractivity contribution >= 4 is 17.2 Å². The third-order valence-electron chi connectivity index (χ3n) is 3.70. The molecule has 0 saturated heterocycles. The lowest BCUT2D eigenvalue weighted by Gasteiger charge is -2.07. The van der Waals surface area contributed by atoms with Crippen molar-refractivity contribution in [2.45, 2.75) is 0 Å². The van der Waals surface area contributed by atoms with Crippen molar-refractivity contribution in [2.24, 2.45) is 0 Å². The molecule has 2 heterocycles. The number of ether oxygens (including phenoxy) is 2. The molecule has 0 bridgehead atoms. The molecular formula is C19H14ClN3O2. The summed E-state index contributed by atoms with van der Waals surface area (Å²) >= 11 is 6.14. The minimum Gasteiger partial charge on any atom is -0.479 e. The van der Waals surface area contributed by atoms with Crippen molar-refractivity contribution in [3.8, 4) is 28.8 Å². The van der Waals surface area contributed by atoms with Crippen LogP contribution in [-0.4, -0.2) is 21.7 Å². The number of imidazole rings is 1. The first-order chi connectivity index (χ1) is 12.3. The summed E-state index contributed by atoms with van der Waals surface area (Å²) in [5.41, 5.74) is 2.35. The fourth-order valence-electron chi connectivity index (χ4n) is 2.56. The molecule has 0 aliphatic heterocycles. The minimum absolute atomic E-state index is 0.399. The smallest absolute Gasteiger partial charge is 0.243 e. The molecule has 0 saturated carbocycles. The van der Waals surface area contributed by atoms with Crippen molar-refractivity contribution in [2.75, 3.05) is 7.11 Å². The Morgan fingerprint density at radius 2 is 1.68 bits per heavy atom. The van der Waals surface area contributed by atoms with Gasteiger partial charge in [-0.25, -0.2) is 4.98 Å². The molecule has 4 aromatic rings. The minimum atomic E-state index is 0.399. The first-order valence-corrected chi connectivity index (χ1v) is 8.05. The highest BCUT2D eigenvalue weighted by molar-refractivity contribution is 6.32. The van der Waals surface area contributed by atoms with E-state index in [-0.39, 0.29) is 0 Å². The standard InChI is InChI=1S/C19H14ClN3O2/c1-24-19-18(13-7-3-2-4-8-13)21-16-11-12-17(22-23(16)19)25-15-10-6-5-9-14(15)20/h2-12H,1H3. The van der Waals surface area contributed by atoms with Gasteiger partial charge in [-0.2, -0.15) is 4.52 Å². The molecule has 0 radical (unpaired) electrons. The average Bonchev–Trinajstić information content (AvgIpc) is 3.02. The number of hydrogen-bond acceptors (Lipinski definition) is 4. The zero-order valence-corrected chi connectivity index (χ0v) is 14.1. The van der Waals surface area contributed by atoms with Crippen molar-refractivity contribution in [3.05, 3.63) is 71.8 Å². The summed E-state index contributed by atoms with van der Waals surface area (Å²) in [5, 5.41) is 5.00. The molecule has 0 aliphatic rings. The second-order valence-electron chi connectivity index (χ2n) is 5.31. The monoisotopic (exact) mass is 351 g/mol. The molecule has 2 aromatic carbocycles. The van der Waals surface area contributed by atoms with Crippen LogP contribution in [0.2, 0.25) is 5.02 Å². The SMILES string of the molecule is COc1c(-c2ccccc2)nc2ccc(Oc3ccccc3Cl)nn12. The molecule has 0 fully saturated rings. The largest absolute Gasteiger partial charge is 0.479 e. The maximum Gasteiger partial charge on any atom is 0.243 e. The molecule has 6 heteroatoms. The second kappa shape index (κ2) is 6.45. The highest BCUT2D eigenvalue weighted by Gasteiger charge is 2.16. The third-order valence-corrected chi connectivity index (χ3v) is 4.02. The van der Waals surface area contributed by atoms with E-state index in [9.17, 15) is 0 Å². The van der Waals surface area contributed by atoms with Crippen LogP contribution < -0.4 is 9.47 Å². The highest BCUT2D eigenvalue weighted by Crippen LogP contribution is 2.32. The van der Waals surface area contributed by atoms with Crippen LogP contribution >= 0.6 is 11.6 Å². The van der Waals surface area contributed by atoms with Gasteiger partial charge >= 0.3 is 0 Å². The van der Waals surface area contributed by atoms with E-state index in [1.807, 2.05) is 48.5 Å². The number of para-hydroxylation sites is 1. The normalized spacial score (nSPS) is 10.8. The zero-order valence-electron chi connectivity index (χ0n) is 13.4. The van der Waals surface area contributed by atoms with Gasteiger partial charge in [0.15, 0.2) is 5.65 Å². The van der Waals surface area contributed by atoms with E-state index in [1.54, 1.807) is 29.8 Å². The topological polar surface area (TPSA) is 48.7 Å². The van der Waals surface area contributed by atoms with E-state index in [0.29, 0.717) is 28.2 Å². The molecule has 124 valence electrons. The fourth-order valence-corrected chi connectivity index (χ4v) is 2.73. The van der Waals surface area contributed by atoms with E-state index in [0.717, 1.165) is 11.3 Å². The lowest BCUT2D eigenvalue weighted by molar-refractivity contribution is 0.382. The summed E-state index contributed by atoms with van der Waals surface area (Å²) in [6.07, 6.45) is 0. The van der Waals surface area contributed by atoms with Crippen LogP contribution in [0.5, 0.6) is 17.5 Å². The van der Waals surface area contributed by atoms with Crippen LogP contribution in [0.15, 0.2) is 66.7 Å². The van der Waals surface area contributed by atoms with Gasteiger partial charge in [0, 0.05) is 11.6 Å².